The minimum Gasteiger partial charge on any atom is -0.438 e. The normalized spacial score (nSPS) is 12.2. The third-order valence-corrected chi connectivity index (χ3v) is 2.45. The topological polar surface area (TPSA) is 38.3 Å². The van der Waals surface area contributed by atoms with E-state index in [-0.39, 0.29) is 5.97 Å². The zero-order chi connectivity index (χ0) is 14.7. The molecule has 3 nitrogen and oxygen atoms in total. The van der Waals surface area contributed by atoms with E-state index in [4.69, 9.17) is 16.3 Å². The SMILES string of the molecule is CCC=C(C)C(=O)OC(Cl)c1ccccc1.CNC. The second kappa shape index (κ2) is 10.6. The molecule has 0 spiro atoms. The van der Waals surface area contributed by atoms with Crippen LogP contribution in [0.5, 0.6) is 0 Å². The molecule has 0 fully saturated rings. The van der Waals surface area contributed by atoms with Crippen molar-refractivity contribution in [3.8, 4) is 0 Å². The van der Waals surface area contributed by atoms with E-state index in [1.807, 2.05) is 57.4 Å². The van der Waals surface area contributed by atoms with Crippen LogP contribution in [0.15, 0.2) is 42.0 Å². The summed E-state index contributed by atoms with van der Waals surface area (Å²) in [6.45, 7) is 3.69. The van der Waals surface area contributed by atoms with E-state index in [0.29, 0.717) is 5.57 Å². The van der Waals surface area contributed by atoms with E-state index in [0.717, 1.165) is 12.0 Å². The fourth-order valence-corrected chi connectivity index (χ4v) is 1.48. The summed E-state index contributed by atoms with van der Waals surface area (Å²) >= 11 is 5.98. The third-order valence-electron chi connectivity index (χ3n) is 2.10. The van der Waals surface area contributed by atoms with Crippen molar-refractivity contribution in [1.82, 2.24) is 5.32 Å². The highest BCUT2D eigenvalue weighted by Gasteiger charge is 2.14. The summed E-state index contributed by atoms with van der Waals surface area (Å²) in [6.07, 6.45) is 2.62. The molecule has 1 N–H and O–H groups in total. The number of carbonyl (C=O) groups excluding carboxylic acids is 1. The lowest BCUT2D eigenvalue weighted by Gasteiger charge is -2.11. The highest BCUT2D eigenvalue weighted by Crippen LogP contribution is 2.22. The summed E-state index contributed by atoms with van der Waals surface area (Å²) in [7, 11) is 3.75. The lowest BCUT2D eigenvalue weighted by Crippen LogP contribution is -2.08. The van der Waals surface area contributed by atoms with Crippen LogP contribution in [0, 0.1) is 0 Å². The van der Waals surface area contributed by atoms with Gasteiger partial charge in [0, 0.05) is 11.1 Å². The van der Waals surface area contributed by atoms with Gasteiger partial charge in [0.2, 0.25) is 5.56 Å². The molecule has 1 atom stereocenters. The van der Waals surface area contributed by atoms with Crippen LogP contribution in [0.1, 0.15) is 31.4 Å². The Bertz CT molecular complexity index is 390. The number of halogens is 1. The maximum Gasteiger partial charge on any atom is 0.335 e. The molecule has 0 saturated heterocycles. The van der Waals surface area contributed by atoms with Crippen molar-refractivity contribution in [3.05, 3.63) is 47.5 Å². The van der Waals surface area contributed by atoms with Crippen molar-refractivity contribution in [3.63, 3.8) is 0 Å². The Labute approximate surface area is 120 Å². The summed E-state index contributed by atoms with van der Waals surface area (Å²) in [5.74, 6) is -0.370. The number of benzene rings is 1. The predicted octanol–water partition coefficient (Wildman–Crippen LogP) is 3.66. The number of hydrogen-bond acceptors (Lipinski definition) is 3. The van der Waals surface area contributed by atoms with E-state index in [1.54, 1.807) is 6.92 Å². The number of hydrogen-bond donors (Lipinski definition) is 1. The maximum atomic E-state index is 11.5. The zero-order valence-electron chi connectivity index (χ0n) is 11.9. The number of rotatable bonds is 4. The number of nitrogens with one attached hydrogen (secondary N) is 1. The van der Waals surface area contributed by atoms with Gasteiger partial charge in [-0.15, -0.1) is 0 Å². The van der Waals surface area contributed by atoms with Gasteiger partial charge in [-0.05, 0) is 27.4 Å². The van der Waals surface area contributed by atoms with Gasteiger partial charge >= 0.3 is 5.97 Å². The second-order valence-electron chi connectivity index (χ2n) is 3.93. The van der Waals surface area contributed by atoms with Crippen molar-refractivity contribution in [1.29, 1.82) is 0 Å². The Hall–Kier alpha value is -1.32. The van der Waals surface area contributed by atoms with Crippen LogP contribution in [-0.4, -0.2) is 20.1 Å². The average molecular weight is 284 g/mol. The number of carbonyl (C=O) groups is 1. The number of alkyl halides is 1. The van der Waals surface area contributed by atoms with Crippen molar-refractivity contribution >= 4 is 17.6 Å². The van der Waals surface area contributed by atoms with E-state index in [1.165, 1.54) is 0 Å². The van der Waals surface area contributed by atoms with Crippen LogP contribution in [0.25, 0.3) is 0 Å². The lowest BCUT2D eigenvalue weighted by atomic mass is 10.2. The standard InChI is InChI=1S/C13H15ClO2.C2H7N/c1-3-7-10(2)13(15)16-12(14)11-8-5-4-6-9-11;1-3-2/h4-9,12H,3H2,1-2H3;3H,1-2H3. The molecule has 1 unspecified atom stereocenters. The Balaban J connectivity index is 0.000000982. The molecular formula is C15H22ClNO2. The molecule has 0 aliphatic heterocycles. The summed E-state index contributed by atoms with van der Waals surface area (Å²) in [4.78, 5) is 11.5. The third kappa shape index (κ3) is 7.65. The van der Waals surface area contributed by atoms with Gasteiger partial charge in [-0.2, -0.15) is 0 Å². The van der Waals surface area contributed by atoms with Gasteiger partial charge in [-0.25, -0.2) is 4.79 Å². The highest BCUT2D eigenvalue weighted by atomic mass is 35.5. The number of allylic oxidation sites excluding steroid dienone is 1. The minimum atomic E-state index is -0.728. The smallest absolute Gasteiger partial charge is 0.335 e. The molecule has 1 aromatic rings. The molecule has 0 aliphatic carbocycles. The summed E-state index contributed by atoms with van der Waals surface area (Å²) in [5.41, 5.74) is 0.639. The largest absolute Gasteiger partial charge is 0.438 e. The zero-order valence-corrected chi connectivity index (χ0v) is 12.7. The highest BCUT2D eigenvalue weighted by molar-refractivity contribution is 6.20. The van der Waals surface area contributed by atoms with Gasteiger partial charge in [0.25, 0.3) is 0 Å². The molecule has 1 aromatic carbocycles. The summed E-state index contributed by atoms with van der Waals surface area (Å²) in [5, 5.41) is 2.75. The quantitative estimate of drug-likeness (QED) is 0.521. The monoisotopic (exact) mass is 283 g/mol. The Morgan fingerprint density at radius 1 is 1.37 bits per heavy atom. The van der Waals surface area contributed by atoms with E-state index < -0.39 is 5.56 Å². The Morgan fingerprint density at radius 2 is 1.89 bits per heavy atom. The van der Waals surface area contributed by atoms with Gasteiger partial charge in [0.15, 0.2) is 0 Å². The average Bonchev–Trinajstić information content (AvgIpc) is 2.40. The van der Waals surface area contributed by atoms with Crippen molar-refractivity contribution in [2.24, 2.45) is 0 Å². The predicted molar refractivity (Wildman–Crippen MR) is 80.2 cm³/mol. The van der Waals surface area contributed by atoms with Crippen LogP contribution in [-0.2, 0) is 9.53 Å². The molecule has 0 heterocycles. The summed E-state index contributed by atoms with van der Waals surface area (Å²) < 4.78 is 5.11. The molecule has 4 heteroatoms. The van der Waals surface area contributed by atoms with Crippen molar-refractivity contribution in [2.45, 2.75) is 25.8 Å². The van der Waals surface area contributed by atoms with E-state index in [9.17, 15) is 4.79 Å². The molecule has 1 rings (SSSR count). The number of ether oxygens (including phenoxy) is 1. The Kier molecular flexibility index (Phi) is 9.85. The van der Waals surface area contributed by atoms with Gasteiger partial charge in [-0.3, -0.25) is 0 Å². The first-order chi connectivity index (χ1) is 9.06. The summed E-state index contributed by atoms with van der Waals surface area (Å²) in [6, 6.07) is 9.24. The maximum absolute atomic E-state index is 11.5. The van der Waals surface area contributed by atoms with Crippen LogP contribution in [0.2, 0.25) is 0 Å². The van der Waals surface area contributed by atoms with E-state index >= 15 is 0 Å². The van der Waals surface area contributed by atoms with E-state index in [2.05, 4.69) is 5.32 Å². The lowest BCUT2D eigenvalue weighted by molar-refractivity contribution is -0.141. The first kappa shape index (κ1) is 17.7. The van der Waals surface area contributed by atoms with Gasteiger partial charge in [-0.1, -0.05) is 54.9 Å². The molecule has 0 radical (unpaired) electrons. The molecule has 0 aliphatic rings. The van der Waals surface area contributed by atoms with Gasteiger partial charge in [0.05, 0.1) is 0 Å². The van der Waals surface area contributed by atoms with Crippen LogP contribution < -0.4 is 5.32 Å². The molecule has 0 amide bonds. The fraction of sp³-hybridized carbons (Fsp3) is 0.400. The number of esters is 1. The van der Waals surface area contributed by atoms with Crippen LogP contribution in [0.4, 0.5) is 0 Å². The molecule has 106 valence electrons. The van der Waals surface area contributed by atoms with Crippen molar-refractivity contribution < 1.29 is 9.53 Å². The van der Waals surface area contributed by atoms with Gasteiger partial charge in [0.1, 0.15) is 0 Å². The molecule has 0 saturated carbocycles. The Morgan fingerprint density at radius 3 is 2.37 bits per heavy atom. The first-order valence-electron chi connectivity index (χ1n) is 6.22. The van der Waals surface area contributed by atoms with Crippen molar-refractivity contribution in [2.75, 3.05) is 14.1 Å². The molecule has 19 heavy (non-hydrogen) atoms. The minimum absolute atomic E-state index is 0.370. The van der Waals surface area contributed by atoms with Gasteiger partial charge < -0.3 is 10.1 Å². The first-order valence-corrected chi connectivity index (χ1v) is 6.65. The molecule has 0 bridgehead atoms. The van der Waals surface area contributed by atoms with Crippen LogP contribution >= 0.6 is 11.6 Å². The second-order valence-corrected chi connectivity index (χ2v) is 4.32. The molecule has 0 aromatic heterocycles. The fourth-order valence-electron chi connectivity index (χ4n) is 1.25. The molecular weight excluding hydrogens is 262 g/mol. The van der Waals surface area contributed by atoms with Crippen LogP contribution in [0.3, 0.4) is 0 Å².